The Morgan fingerprint density at radius 3 is 2.72 bits per heavy atom. The molecule has 1 aromatic heterocycles. The van der Waals surface area contributed by atoms with Crippen molar-refractivity contribution in [2.24, 2.45) is 0 Å². The summed E-state index contributed by atoms with van der Waals surface area (Å²) in [6.45, 7) is 4.26. The Kier molecular flexibility index (Phi) is 3.59. The number of hydrogen-bond donors (Lipinski definition) is 1. The molecule has 0 bridgehead atoms. The van der Waals surface area contributed by atoms with Gasteiger partial charge >= 0.3 is 0 Å². The van der Waals surface area contributed by atoms with Gasteiger partial charge in [0.2, 0.25) is 0 Å². The van der Waals surface area contributed by atoms with E-state index in [9.17, 15) is 0 Å². The number of rotatable bonds is 3. The number of nitriles is 1. The first kappa shape index (κ1) is 12.1. The molecule has 18 heavy (non-hydrogen) atoms. The van der Waals surface area contributed by atoms with Gasteiger partial charge in [-0.15, -0.1) is 0 Å². The molecule has 0 unspecified atom stereocenters. The highest BCUT2D eigenvalue weighted by Crippen LogP contribution is 2.20. The van der Waals surface area contributed by atoms with E-state index >= 15 is 0 Å². The zero-order chi connectivity index (χ0) is 13.0. The molecule has 0 saturated carbocycles. The van der Waals surface area contributed by atoms with Gasteiger partial charge in [-0.05, 0) is 48.7 Å². The molecule has 2 rings (SSSR count). The van der Waals surface area contributed by atoms with Gasteiger partial charge in [0.05, 0.1) is 0 Å². The Labute approximate surface area is 107 Å². The molecule has 3 nitrogen and oxygen atoms in total. The second-order valence-electron chi connectivity index (χ2n) is 4.16. The Bertz CT molecular complexity index is 597. The van der Waals surface area contributed by atoms with Gasteiger partial charge in [0.15, 0.2) is 0 Å². The summed E-state index contributed by atoms with van der Waals surface area (Å²) in [5.41, 5.74) is 4.97. The standard InChI is InChI=1S/C15H15N3/c1-3-12-8-13(5-4-11(12)2)18-14-6-7-17-15(9-14)10-16/h4-9H,3H2,1-2H3,(H,17,18). The highest BCUT2D eigenvalue weighted by Gasteiger charge is 2.00. The van der Waals surface area contributed by atoms with Gasteiger partial charge in [0.1, 0.15) is 11.8 Å². The minimum Gasteiger partial charge on any atom is -0.355 e. The smallest absolute Gasteiger partial charge is 0.142 e. The van der Waals surface area contributed by atoms with Crippen molar-refractivity contribution in [2.45, 2.75) is 20.3 Å². The van der Waals surface area contributed by atoms with Crippen molar-refractivity contribution in [3.63, 3.8) is 0 Å². The van der Waals surface area contributed by atoms with Crippen LogP contribution in [0.3, 0.4) is 0 Å². The topological polar surface area (TPSA) is 48.7 Å². The second kappa shape index (κ2) is 5.33. The van der Waals surface area contributed by atoms with Gasteiger partial charge in [-0.2, -0.15) is 5.26 Å². The van der Waals surface area contributed by atoms with Crippen LogP contribution in [0.15, 0.2) is 36.5 Å². The summed E-state index contributed by atoms with van der Waals surface area (Å²) in [6.07, 6.45) is 2.65. The van der Waals surface area contributed by atoms with Crippen molar-refractivity contribution in [3.05, 3.63) is 53.3 Å². The third-order valence-corrected chi connectivity index (χ3v) is 2.89. The van der Waals surface area contributed by atoms with Crippen molar-refractivity contribution >= 4 is 11.4 Å². The number of nitrogens with one attached hydrogen (secondary N) is 1. The predicted octanol–water partition coefficient (Wildman–Crippen LogP) is 3.57. The van der Waals surface area contributed by atoms with Crippen molar-refractivity contribution in [3.8, 4) is 6.07 Å². The zero-order valence-electron chi connectivity index (χ0n) is 10.6. The first-order chi connectivity index (χ1) is 8.72. The van der Waals surface area contributed by atoms with E-state index in [1.54, 1.807) is 12.3 Å². The van der Waals surface area contributed by atoms with E-state index in [2.05, 4.69) is 36.3 Å². The molecule has 0 fully saturated rings. The van der Waals surface area contributed by atoms with Gasteiger partial charge in [0.25, 0.3) is 0 Å². The summed E-state index contributed by atoms with van der Waals surface area (Å²) in [5, 5.41) is 12.1. The van der Waals surface area contributed by atoms with E-state index in [-0.39, 0.29) is 0 Å². The monoisotopic (exact) mass is 237 g/mol. The van der Waals surface area contributed by atoms with Crippen LogP contribution in [0.5, 0.6) is 0 Å². The van der Waals surface area contributed by atoms with Crippen LogP contribution in [0.2, 0.25) is 0 Å². The Morgan fingerprint density at radius 2 is 2.00 bits per heavy atom. The molecule has 0 atom stereocenters. The van der Waals surface area contributed by atoms with Crippen LogP contribution >= 0.6 is 0 Å². The second-order valence-corrected chi connectivity index (χ2v) is 4.16. The normalized spacial score (nSPS) is 9.83. The molecule has 3 heteroatoms. The lowest BCUT2D eigenvalue weighted by Crippen LogP contribution is -1.94. The van der Waals surface area contributed by atoms with E-state index in [4.69, 9.17) is 5.26 Å². The van der Waals surface area contributed by atoms with Crippen LogP contribution in [0.1, 0.15) is 23.7 Å². The molecule has 0 radical (unpaired) electrons. The highest BCUT2D eigenvalue weighted by atomic mass is 14.9. The lowest BCUT2D eigenvalue weighted by Gasteiger charge is -2.09. The van der Waals surface area contributed by atoms with E-state index < -0.39 is 0 Å². The fourth-order valence-electron chi connectivity index (χ4n) is 1.87. The van der Waals surface area contributed by atoms with E-state index in [0.717, 1.165) is 17.8 Å². The molecule has 0 aliphatic heterocycles. The highest BCUT2D eigenvalue weighted by molar-refractivity contribution is 5.61. The molecule has 1 heterocycles. The summed E-state index contributed by atoms with van der Waals surface area (Å²) < 4.78 is 0. The number of hydrogen-bond acceptors (Lipinski definition) is 3. The maximum Gasteiger partial charge on any atom is 0.142 e. The van der Waals surface area contributed by atoms with E-state index in [1.165, 1.54) is 11.1 Å². The fraction of sp³-hybridized carbons (Fsp3) is 0.200. The largest absolute Gasteiger partial charge is 0.355 e. The summed E-state index contributed by atoms with van der Waals surface area (Å²) in [6, 6.07) is 11.9. The number of benzene rings is 1. The zero-order valence-corrected chi connectivity index (χ0v) is 10.6. The molecule has 0 aliphatic rings. The van der Waals surface area contributed by atoms with Gasteiger partial charge in [-0.25, -0.2) is 4.98 Å². The lowest BCUT2D eigenvalue weighted by atomic mass is 10.1. The summed E-state index contributed by atoms with van der Waals surface area (Å²) in [7, 11) is 0. The molecule has 0 amide bonds. The molecule has 0 spiro atoms. The number of aryl methyl sites for hydroxylation is 2. The minimum atomic E-state index is 0.419. The first-order valence-electron chi connectivity index (χ1n) is 5.95. The molecule has 0 aliphatic carbocycles. The van der Waals surface area contributed by atoms with Gasteiger partial charge in [0, 0.05) is 17.6 Å². The van der Waals surface area contributed by atoms with Crippen LogP contribution in [-0.2, 0) is 6.42 Å². The average molecular weight is 237 g/mol. The molecule has 1 N–H and O–H groups in total. The van der Waals surface area contributed by atoms with Crippen molar-refractivity contribution < 1.29 is 0 Å². The van der Waals surface area contributed by atoms with Gasteiger partial charge in [-0.3, -0.25) is 0 Å². The predicted molar refractivity (Wildman–Crippen MR) is 72.8 cm³/mol. The minimum absolute atomic E-state index is 0.419. The van der Waals surface area contributed by atoms with Gasteiger partial charge in [-0.1, -0.05) is 13.0 Å². The molecular formula is C15H15N3. The fourth-order valence-corrected chi connectivity index (χ4v) is 1.87. The first-order valence-corrected chi connectivity index (χ1v) is 5.95. The van der Waals surface area contributed by atoms with Crippen molar-refractivity contribution in [1.29, 1.82) is 5.26 Å². The number of nitrogens with zero attached hydrogens (tertiary/aromatic N) is 2. The maximum absolute atomic E-state index is 8.81. The van der Waals surface area contributed by atoms with Crippen LogP contribution in [0, 0.1) is 18.3 Å². The molecular weight excluding hydrogens is 222 g/mol. The summed E-state index contributed by atoms with van der Waals surface area (Å²) in [5.74, 6) is 0. The third-order valence-electron chi connectivity index (χ3n) is 2.89. The Morgan fingerprint density at radius 1 is 1.22 bits per heavy atom. The summed E-state index contributed by atoms with van der Waals surface area (Å²) >= 11 is 0. The third kappa shape index (κ3) is 2.67. The van der Waals surface area contributed by atoms with Crippen LogP contribution in [0.25, 0.3) is 0 Å². The Balaban J connectivity index is 2.26. The van der Waals surface area contributed by atoms with Crippen molar-refractivity contribution in [1.82, 2.24) is 4.98 Å². The van der Waals surface area contributed by atoms with E-state index in [0.29, 0.717) is 5.69 Å². The SMILES string of the molecule is CCc1cc(Nc2ccnc(C#N)c2)ccc1C. The molecule has 0 saturated heterocycles. The lowest BCUT2D eigenvalue weighted by molar-refractivity contribution is 1.11. The van der Waals surface area contributed by atoms with Crippen molar-refractivity contribution in [2.75, 3.05) is 5.32 Å². The van der Waals surface area contributed by atoms with Crippen LogP contribution in [-0.4, -0.2) is 4.98 Å². The Hall–Kier alpha value is -2.34. The average Bonchev–Trinajstić information content (AvgIpc) is 2.41. The maximum atomic E-state index is 8.81. The number of pyridine rings is 1. The number of anilines is 2. The number of aromatic nitrogens is 1. The quantitative estimate of drug-likeness (QED) is 0.887. The summed E-state index contributed by atoms with van der Waals surface area (Å²) in [4.78, 5) is 3.95. The molecule has 2 aromatic rings. The van der Waals surface area contributed by atoms with Crippen LogP contribution in [0.4, 0.5) is 11.4 Å². The van der Waals surface area contributed by atoms with Gasteiger partial charge < -0.3 is 5.32 Å². The molecule has 1 aromatic carbocycles. The van der Waals surface area contributed by atoms with Crippen LogP contribution < -0.4 is 5.32 Å². The molecule has 90 valence electrons. The van der Waals surface area contributed by atoms with E-state index in [1.807, 2.05) is 18.2 Å².